The van der Waals surface area contributed by atoms with Crippen LogP contribution in [0.1, 0.15) is 0 Å². The highest BCUT2D eigenvalue weighted by molar-refractivity contribution is 6.42. The van der Waals surface area contributed by atoms with Crippen LogP contribution in [-0.2, 0) is 0 Å². The van der Waals surface area contributed by atoms with Crippen LogP contribution in [0.15, 0.2) is 21.1 Å². The zero-order chi connectivity index (χ0) is 7.84. The lowest BCUT2D eigenvalue weighted by Crippen LogP contribution is -2.30. The number of halogens is 1. The number of rotatable bonds is 0. The molecule has 0 aliphatic carbocycles. The predicted octanol–water partition coefficient (Wildman–Crippen LogP) is 0.684. The number of hydrogen-bond donors (Lipinski definition) is 1. The van der Waals surface area contributed by atoms with Crippen molar-refractivity contribution in [3.8, 4) is 0 Å². The van der Waals surface area contributed by atoms with Crippen molar-refractivity contribution in [2.24, 2.45) is 9.98 Å². The number of carbonyl (C=O) groups excluding carboxylic acids is 1. The van der Waals surface area contributed by atoms with Gasteiger partial charge in [0.2, 0.25) is 0 Å². The molecule has 2 rings (SSSR count). The number of fused-ring (bicyclic) bond motifs is 1. The monoisotopic (exact) mass is 169 g/mol. The van der Waals surface area contributed by atoms with Crippen LogP contribution in [0.2, 0.25) is 0 Å². The number of aliphatic imine (C=N–C) groups is 2. The minimum absolute atomic E-state index is 0.315. The van der Waals surface area contributed by atoms with Crippen LogP contribution >= 0.6 is 11.6 Å². The lowest BCUT2D eigenvalue weighted by Gasteiger charge is -2.07. The Morgan fingerprint density at radius 3 is 3.27 bits per heavy atom. The molecule has 0 saturated heterocycles. The third-order valence-corrected chi connectivity index (χ3v) is 1.61. The summed E-state index contributed by atoms with van der Waals surface area (Å²) >= 11 is 5.62. The number of dihydropyridines is 1. The van der Waals surface area contributed by atoms with E-state index in [1.807, 2.05) is 0 Å². The Hall–Kier alpha value is -1.16. The number of carbonyl (C=O) groups is 1. The molecule has 5 heteroatoms. The topological polar surface area (TPSA) is 53.8 Å². The van der Waals surface area contributed by atoms with E-state index in [9.17, 15) is 4.79 Å². The fourth-order valence-electron chi connectivity index (χ4n) is 0.951. The number of urea groups is 1. The van der Waals surface area contributed by atoms with Crippen LogP contribution in [0.4, 0.5) is 4.79 Å². The average Bonchev–Trinajstić information content (AvgIpc) is 2.27. The molecule has 0 aromatic carbocycles. The zero-order valence-corrected chi connectivity index (χ0v) is 6.17. The summed E-state index contributed by atoms with van der Waals surface area (Å²) in [4.78, 5) is 18.3. The van der Waals surface area contributed by atoms with Gasteiger partial charge in [0.1, 0.15) is 0 Å². The van der Waals surface area contributed by atoms with Gasteiger partial charge in [0.25, 0.3) is 0 Å². The van der Waals surface area contributed by atoms with Crippen molar-refractivity contribution < 1.29 is 4.79 Å². The molecule has 0 aromatic rings. The molecule has 2 aliphatic heterocycles. The fourth-order valence-corrected chi connectivity index (χ4v) is 1.12. The van der Waals surface area contributed by atoms with Crippen LogP contribution in [0, 0.1) is 0 Å². The van der Waals surface area contributed by atoms with Gasteiger partial charge in [0.05, 0.1) is 10.7 Å². The van der Waals surface area contributed by atoms with Gasteiger partial charge in [-0.25, -0.2) is 4.79 Å². The Balaban J connectivity index is 2.38. The van der Waals surface area contributed by atoms with E-state index in [1.165, 1.54) is 6.21 Å². The van der Waals surface area contributed by atoms with E-state index >= 15 is 0 Å². The van der Waals surface area contributed by atoms with Gasteiger partial charge in [0, 0.05) is 6.21 Å². The minimum atomic E-state index is -0.357. The standard InChI is InChI=1S/C6H4ClN3O/c7-3-1-4-5(8-2-3)10-6(11)9-4/h1-2,5H,(H,10,11). The number of amides is 2. The summed E-state index contributed by atoms with van der Waals surface area (Å²) < 4.78 is 0. The second kappa shape index (κ2) is 2.17. The zero-order valence-electron chi connectivity index (χ0n) is 5.41. The first kappa shape index (κ1) is 6.54. The Morgan fingerprint density at radius 1 is 1.64 bits per heavy atom. The van der Waals surface area contributed by atoms with Crippen molar-refractivity contribution in [3.63, 3.8) is 0 Å². The minimum Gasteiger partial charge on any atom is -0.309 e. The summed E-state index contributed by atoms with van der Waals surface area (Å²) in [6.45, 7) is 0. The van der Waals surface area contributed by atoms with Gasteiger partial charge >= 0.3 is 6.03 Å². The number of nitrogens with zero attached hydrogens (tertiary/aromatic N) is 2. The maximum absolute atomic E-state index is 10.7. The summed E-state index contributed by atoms with van der Waals surface area (Å²) in [7, 11) is 0. The van der Waals surface area contributed by atoms with Crippen molar-refractivity contribution in [1.29, 1.82) is 0 Å². The van der Waals surface area contributed by atoms with Gasteiger partial charge < -0.3 is 5.32 Å². The van der Waals surface area contributed by atoms with Crippen LogP contribution in [0.25, 0.3) is 0 Å². The SMILES string of the molecule is O=C1N=C2C=C(Cl)C=NC2N1. The smallest absolute Gasteiger partial charge is 0.309 e. The molecule has 0 radical (unpaired) electrons. The van der Waals surface area contributed by atoms with Gasteiger partial charge in [-0.05, 0) is 6.08 Å². The molecule has 0 aromatic heterocycles. The molecule has 1 N–H and O–H groups in total. The molecule has 11 heavy (non-hydrogen) atoms. The van der Waals surface area contributed by atoms with E-state index in [0.29, 0.717) is 10.7 Å². The largest absolute Gasteiger partial charge is 0.343 e. The van der Waals surface area contributed by atoms with Gasteiger partial charge in [-0.1, -0.05) is 11.6 Å². The fraction of sp³-hybridized carbons (Fsp3) is 0.167. The molecular weight excluding hydrogens is 166 g/mol. The first-order valence-electron chi connectivity index (χ1n) is 3.05. The normalized spacial score (nSPS) is 27.4. The van der Waals surface area contributed by atoms with Crippen LogP contribution < -0.4 is 5.32 Å². The molecule has 2 amide bonds. The Kier molecular flexibility index (Phi) is 1.29. The summed E-state index contributed by atoms with van der Waals surface area (Å²) in [6.07, 6.45) is 2.80. The summed E-state index contributed by atoms with van der Waals surface area (Å²) in [5, 5.41) is 3.03. The predicted molar refractivity (Wildman–Crippen MR) is 42.2 cm³/mol. The summed E-state index contributed by atoms with van der Waals surface area (Å²) in [5.74, 6) is 0. The van der Waals surface area contributed by atoms with Gasteiger partial charge in [-0.3, -0.25) is 4.99 Å². The Morgan fingerprint density at radius 2 is 2.45 bits per heavy atom. The second-order valence-corrected chi connectivity index (χ2v) is 2.63. The summed E-state index contributed by atoms with van der Waals surface area (Å²) in [5.41, 5.74) is 0.586. The maximum atomic E-state index is 10.7. The highest BCUT2D eigenvalue weighted by atomic mass is 35.5. The van der Waals surface area contributed by atoms with Crippen molar-refractivity contribution in [1.82, 2.24) is 5.32 Å². The lowest BCUT2D eigenvalue weighted by molar-refractivity contribution is 0.250. The Labute approximate surface area is 67.7 Å². The van der Waals surface area contributed by atoms with E-state index in [4.69, 9.17) is 11.6 Å². The molecule has 1 atom stereocenters. The van der Waals surface area contributed by atoms with Crippen molar-refractivity contribution in [2.45, 2.75) is 6.17 Å². The van der Waals surface area contributed by atoms with E-state index < -0.39 is 0 Å². The van der Waals surface area contributed by atoms with E-state index in [2.05, 4.69) is 15.3 Å². The average molecular weight is 170 g/mol. The third kappa shape index (κ3) is 1.05. The first-order chi connectivity index (χ1) is 5.25. The van der Waals surface area contributed by atoms with Crippen molar-refractivity contribution >= 4 is 29.6 Å². The molecule has 0 fully saturated rings. The van der Waals surface area contributed by atoms with Crippen LogP contribution in [0.3, 0.4) is 0 Å². The second-order valence-electron chi connectivity index (χ2n) is 2.20. The van der Waals surface area contributed by atoms with E-state index in [-0.39, 0.29) is 12.2 Å². The van der Waals surface area contributed by atoms with Crippen LogP contribution in [-0.4, -0.2) is 24.1 Å². The van der Waals surface area contributed by atoms with Gasteiger partial charge in [-0.15, -0.1) is 0 Å². The van der Waals surface area contributed by atoms with Crippen molar-refractivity contribution in [2.75, 3.05) is 0 Å². The maximum Gasteiger partial charge on any atom is 0.343 e. The number of hydrogen-bond acceptors (Lipinski definition) is 2. The molecule has 2 heterocycles. The molecule has 2 aliphatic rings. The van der Waals surface area contributed by atoms with E-state index in [1.54, 1.807) is 6.08 Å². The quantitative estimate of drug-likeness (QED) is 0.570. The highest BCUT2D eigenvalue weighted by Gasteiger charge is 2.24. The first-order valence-corrected chi connectivity index (χ1v) is 3.43. The van der Waals surface area contributed by atoms with Crippen LogP contribution in [0.5, 0.6) is 0 Å². The number of allylic oxidation sites excluding steroid dienone is 1. The van der Waals surface area contributed by atoms with E-state index in [0.717, 1.165) is 0 Å². The van der Waals surface area contributed by atoms with Gasteiger partial charge in [0.15, 0.2) is 6.17 Å². The molecule has 1 unspecified atom stereocenters. The molecule has 0 bridgehead atoms. The van der Waals surface area contributed by atoms with Crippen molar-refractivity contribution in [3.05, 3.63) is 11.1 Å². The molecule has 4 nitrogen and oxygen atoms in total. The third-order valence-electron chi connectivity index (χ3n) is 1.40. The lowest BCUT2D eigenvalue weighted by atomic mass is 10.2. The van der Waals surface area contributed by atoms with Gasteiger partial charge in [-0.2, -0.15) is 4.99 Å². The number of nitrogens with one attached hydrogen (secondary N) is 1. The molecular formula is C6H4ClN3O. The molecule has 0 spiro atoms. The molecule has 0 saturated carbocycles. The molecule has 56 valence electrons. The highest BCUT2D eigenvalue weighted by Crippen LogP contribution is 2.11. The Bertz CT molecular complexity index is 302. The summed E-state index contributed by atoms with van der Waals surface area (Å²) in [6, 6.07) is -0.357.